The first kappa shape index (κ1) is 21.3. The van der Waals surface area contributed by atoms with Crippen LogP contribution in [0.15, 0.2) is 24.3 Å². The Morgan fingerprint density at radius 3 is 2.41 bits per heavy atom. The third kappa shape index (κ3) is 4.97. The van der Waals surface area contributed by atoms with Crippen molar-refractivity contribution in [3.05, 3.63) is 35.8 Å². The Labute approximate surface area is 167 Å². The lowest BCUT2D eigenvalue weighted by Crippen LogP contribution is -2.31. The van der Waals surface area contributed by atoms with Gasteiger partial charge in [-0.1, -0.05) is 19.1 Å². The number of aromatic nitrogens is 2. The lowest BCUT2D eigenvalue weighted by Gasteiger charge is -2.26. The normalized spacial score (nSPS) is 19.6. The van der Waals surface area contributed by atoms with Crippen molar-refractivity contribution >= 4 is 12.1 Å². The predicted octanol–water partition coefficient (Wildman–Crippen LogP) is 5.23. The van der Waals surface area contributed by atoms with E-state index >= 15 is 0 Å². The highest BCUT2D eigenvalue weighted by Gasteiger charge is 2.42. The number of anilines is 1. The second-order valence-corrected chi connectivity index (χ2v) is 8.06. The van der Waals surface area contributed by atoms with E-state index in [0.717, 1.165) is 12.7 Å². The van der Waals surface area contributed by atoms with Gasteiger partial charge in [0.25, 0.3) is 0 Å². The number of nitrogens with zero attached hydrogens (tertiary/aromatic N) is 2. The van der Waals surface area contributed by atoms with Gasteiger partial charge < -0.3 is 10.1 Å². The number of nitrogens with one attached hydrogen (secondary N) is 1. The first-order chi connectivity index (χ1) is 13.7. The van der Waals surface area contributed by atoms with Gasteiger partial charge in [-0.2, -0.15) is 18.3 Å². The monoisotopic (exact) mass is 411 g/mol. The maximum absolute atomic E-state index is 13.1. The van der Waals surface area contributed by atoms with Gasteiger partial charge in [-0.05, 0) is 42.4 Å². The number of carbonyl (C=O) groups excluding carboxylic acids is 1. The number of hydrogen-bond donors (Lipinski definition) is 1. The SMILES string of the molecule is CC1(CC=O)CC1.CNc1nn2c(c1-c1ccc(F)cc1)CC(C(F)(F)F)CC2. The number of aldehydes is 1. The molecule has 1 fully saturated rings. The van der Waals surface area contributed by atoms with Crippen LogP contribution in [0.3, 0.4) is 0 Å². The maximum atomic E-state index is 13.1. The maximum Gasteiger partial charge on any atom is 0.392 e. The molecular formula is C21H25F4N3O. The number of benzene rings is 1. The molecule has 0 radical (unpaired) electrons. The van der Waals surface area contributed by atoms with Gasteiger partial charge in [0.1, 0.15) is 12.1 Å². The number of halogens is 4. The third-order valence-corrected chi connectivity index (χ3v) is 5.70. The second-order valence-electron chi connectivity index (χ2n) is 8.06. The van der Waals surface area contributed by atoms with Crippen molar-refractivity contribution in [3.63, 3.8) is 0 Å². The van der Waals surface area contributed by atoms with Crippen LogP contribution in [-0.4, -0.2) is 29.3 Å². The average molecular weight is 411 g/mol. The molecule has 1 N–H and O–H groups in total. The van der Waals surface area contributed by atoms with Crippen LogP contribution in [0.5, 0.6) is 0 Å². The predicted molar refractivity (Wildman–Crippen MR) is 103 cm³/mol. The minimum atomic E-state index is -4.21. The Morgan fingerprint density at radius 1 is 1.28 bits per heavy atom. The van der Waals surface area contributed by atoms with E-state index in [1.54, 1.807) is 23.9 Å². The van der Waals surface area contributed by atoms with E-state index < -0.39 is 12.1 Å². The van der Waals surface area contributed by atoms with Crippen molar-refractivity contribution in [2.75, 3.05) is 12.4 Å². The fraction of sp³-hybridized carbons (Fsp3) is 0.524. The molecule has 2 aliphatic rings. The van der Waals surface area contributed by atoms with Crippen LogP contribution >= 0.6 is 0 Å². The molecule has 0 spiro atoms. The summed E-state index contributed by atoms with van der Waals surface area (Å²) < 4.78 is 53.7. The molecule has 1 saturated carbocycles. The van der Waals surface area contributed by atoms with Crippen LogP contribution in [0.4, 0.5) is 23.4 Å². The molecule has 4 rings (SSSR count). The van der Waals surface area contributed by atoms with E-state index in [1.807, 2.05) is 0 Å². The van der Waals surface area contributed by atoms with Crippen LogP contribution in [-0.2, 0) is 17.8 Å². The topological polar surface area (TPSA) is 46.9 Å². The molecule has 2 aromatic rings. The number of aryl methyl sites for hydroxylation is 1. The Morgan fingerprint density at radius 2 is 1.93 bits per heavy atom. The molecule has 0 bridgehead atoms. The molecule has 29 heavy (non-hydrogen) atoms. The molecule has 1 aromatic heterocycles. The van der Waals surface area contributed by atoms with Gasteiger partial charge in [0.05, 0.1) is 5.92 Å². The summed E-state index contributed by atoms with van der Waals surface area (Å²) in [6.45, 7) is 2.39. The lowest BCUT2D eigenvalue weighted by molar-refractivity contribution is -0.179. The summed E-state index contributed by atoms with van der Waals surface area (Å²) in [6.07, 6.45) is 0.0158. The van der Waals surface area contributed by atoms with Crippen molar-refractivity contribution in [2.24, 2.45) is 11.3 Å². The van der Waals surface area contributed by atoms with E-state index in [-0.39, 0.29) is 25.2 Å². The Hall–Kier alpha value is -2.38. The van der Waals surface area contributed by atoms with Crippen LogP contribution in [0.25, 0.3) is 11.1 Å². The summed E-state index contributed by atoms with van der Waals surface area (Å²) >= 11 is 0. The highest BCUT2D eigenvalue weighted by atomic mass is 19.4. The number of alkyl halides is 3. The molecule has 2 heterocycles. The number of rotatable bonds is 4. The first-order valence-electron chi connectivity index (χ1n) is 9.70. The molecule has 8 heteroatoms. The van der Waals surface area contributed by atoms with Gasteiger partial charge >= 0.3 is 6.18 Å². The molecule has 1 unspecified atom stereocenters. The van der Waals surface area contributed by atoms with Gasteiger partial charge in [-0.3, -0.25) is 4.68 Å². The van der Waals surface area contributed by atoms with Crippen LogP contribution in [0.1, 0.15) is 38.3 Å². The molecular weight excluding hydrogens is 386 g/mol. The lowest BCUT2D eigenvalue weighted by atomic mass is 9.92. The fourth-order valence-corrected chi connectivity index (χ4v) is 3.50. The Kier molecular flexibility index (Phi) is 6.00. The number of carbonyl (C=O) groups is 1. The van der Waals surface area contributed by atoms with E-state index in [4.69, 9.17) is 0 Å². The standard InChI is InChI=1S/C15H15F4N3.C6H10O/c1-20-14-13(9-2-4-11(16)5-3-9)12-8-10(15(17,18)19)6-7-22(12)21-14;1-6(2-3-6)4-5-7/h2-5,10H,6-8H2,1H3,(H,20,21);5H,2-4H2,1H3. The van der Waals surface area contributed by atoms with Crippen molar-refractivity contribution < 1.29 is 22.4 Å². The van der Waals surface area contributed by atoms with Crippen molar-refractivity contribution in [1.82, 2.24) is 9.78 Å². The van der Waals surface area contributed by atoms with Gasteiger partial charge in [0.2, 0.25) is 0 Å². The summed E-state index contributed by atoms with van der Waals surface area (Å²) in [7, 11) is 1.67. The highest BCUT2D eigenvalue weighted by Crippen LogP contribution is 2.47. The molecule has 1 atom stereocenters. The van der Waals surface area contributed by atoms with Crippen molar-refractivity contribution in [2.45, 2.75) is 51.7 Å². The fourth-order valence-electron chi connectivity index (χ4n) is 3.50. The van der Waals surface area contributed by atoms with Gasteiger partial charge in [-0.25, -0.2) is 4.39 Å². The van der Waals surface area contributed by atoms with Crippen LogP contribution in [0.2, 0.25) is 0 Å². The molecule has 0 amide bonds. The molecule has 4 nitrogen and oxygen atoms in total. The largest absolute Gasteiger partial charge is 0.392 e. The van der Waals surface area contributed by atoms with E-state index in [9.17, 15) is 22.4 Å². The van der Waals surface area contributed by atoms with Crippen LogP contribution < -0.4 is 5.32 Å². The minimum absolute atomic E-state index is 0.0319. The van der Waals surface area contributed by atoms with Crippen LogP contribution in [0, 0.1) is 17.2 Å². The zero-order valence-corrected chi connectivity index (χ0v) is 16.5. The molecule has 1 aliphatic carbocycles. The van der Waals surface area contributed by atoms with Gasteiger partial charge in [0, 0.05) is 37.7 Å². The Balaban J connectivity index is 0.000000290. The Bertz CT molecular complexity index is 854. The second kappa shape index (κ2) is 8.16. The first-order valence-corrected chi connectivity index (χ1v) is 9.70. The van der Waals surface area contributed by atoms with E-state index in [1.165, 1.54) is 25.0 Å². The quantitative estimate of drug-likeness (QED) is 0.554. The highest BCUT2D eigenvalue weighted by molar-refractivity contribution is 5.78. The molecule has 1 aromatic carbocycles. The summed E-state index contributed by atoms with van der Waals surface area (Å²) in [4.78, 5) is 9.86. The summed E-state index contributed by atoms with van der Waals surface area (Å²) in [5.74, 6) is -1.23. The minimum Gasteiger partial charge on any atom is -0.371 e. The summed E-state index contributed by atoms with van der Waals surface area (Å²) in [5, 5.41) is 7.24. The summed E-state index contributed by atoms with van der Waals surface area (Å²) in [6, 6.07) is 5.71. The van der Waals surface area contributed by atoms with Gasteiger partial charge in [0.15, 0.2) is 5.82 Å². The van der Waals surface area contributed by atoms with E-state index in [0.29, 0.717) is 28.1 Å². The van der Waals surface area contributed by atoms with E-state index in [2.05, 4.69) is 17.3 Å². The number of hydrogen-bond acceptors (Lipinski definition) is 3. The molecule has 158 valence electrons. The average Bonchev–Trinajstić information content (AvgIpc) is 3.28. The third-order valence-electron chi connectivity index (χ3n) is 5.70. The number of fused-ring (bicyclic) bond motifs is 1. The molecule has 0 saturated heterocycles. The summed E-state index contributed by atoms with van der Waals surface area (Å²) in [5.41, 5.74) is 2.26. The van der Waals surface area contributed by atoms with Gasteiger partial charge in [-0.15, -0.1) is 0 Å². The smallest absolute Gasteiger partial charge is 0.371 e. The van der Waals surface area contributed by atoms with Crippen molar-refractivity contribution in [1.29, 1.82) is 0 Å². The molecule has 1 aliphatic heterocycles. The zero-order valence-electron chi connectivity index (χ0n) is 16.5. The van der Waals surface area contributed by atoms with Crippen molar-refractivity contribution in [3.8, 4) is 11.1 Å². The zero-order chi connectivity index (χ0) is 21.2.